The lowest BCUT2D eigenvalue weighted by Crippen LogP contribution is -2.20. The van der Waals surface area contributed by atoms with Crippen LogP contribution in [0.2, 0.25) is 0 Å². The third-order valence-corrected chi connectivity index (χ3v) is 4.78. The van der Waals surface area contributed by atoms with Crippen molar-refractivity contribution in [3.8, 4) is 6.01 Å². The highest BCUT2D eigenvalue weighted by Crippen LogP contribution is 2.32. The van der Waals surface area contributed by atoms with Crippen molar-refractivity contribution in [1.29, 1.82) is 0 Å². The molecule has 0 bridgehead atoms. The zero-order chi connectivity index (χ0) is 16.5. The molecule has 1 aliphatic carbocycles. The second-order valence-corrected chi connectivity index (χ2v) is 6.68. The second kappa shape index (κ2) is 6.43. The Labute approximate surface area is 139 Å². The molecule has 1 saturated heterocycles. The van der Waals surface area contributed by atoms with Crippen molar-refractivity contribution in [2.24, 2.45) is 5.92 Å². The fraction of sp³-hybridized carbons (Fsp3) is 0.688. The number of ether oxygens (including phenoxy) is 2. The number of hydrogen-bond acceptors (Lipinski definition) is 6. The van der Waals surface area contributed by atoms with Gasteiger partial charge in [0.05, 0.1) is 12.7 Å². The fourth-order valence-corrected chi connectivity index (χ4v) is 3.17. The molecule has 24 heavy (non-hydrogen) atoms. The molecular formula is C16H23N5O3. The molecule has 0 radical (unpaired) electrons. The van der Waals surface area contributed by atoms with E-state index in [1.165, 1.54) is 12.8 Å². The van der Waals surface area contributed by atoms with Gasteiger partial charge in [-0.05, 0) is 31.6 Å². The number of aromatic nitrogens is 4. The number of nitrogens with zero attached hydrogens (tertiary/aromatic N) is 3. The lowest BCUT2D eigenvalue weighted by molar-refractivity contribution is 0.100. The summed E-state index contributed by atoms with van der Waals surface area (Å²) in [6.45, 7) is 1.93. The Hall–Kier alpha value is -2.09. The van der Waals surface area contributed by atoms with Gasteiger partial charge in [0.25, 0.3) is 0 Å². The lowest BCUT2D eigenvalue weighted by atomic mass is 10.2. The summed E-state index contributed by atoms with van der Waals surface area (Å²) in [6, 6.07) is 0.241. The Balaban J connectivity index is 1.53. The minimum atomic E-state index is -0.223. The van der Waals surface area contributed by atoms with E-state index in [4.69, 9.17) is 15.2 Å². The van der Waals surface area contributed by atoms with Crippen molar-refractivity contribution >= 4 is 17.0 Å². The van der Waals surface area contributed by atoms with Crippen LogP contribution in [0.4, 0.5) is 5.82 Å². The van der Waals surface area contributed by atoms with E-state index in [1.54, 1.807) is 4.57 Å². The van der Waals surface area contributed by atoms with E-state index in [0.29, 0.717) is 24.3 Å². The van der Waals surface area contributed by atoms with Gasteiger partial charge in [0.1, 0.15) is 5.52 Å². The Morgan fingerprint density at radius 2 is 2.17 bits per heavy atom. The SMILES string of the molecule is Nc1nc(OCCC2CC2)nc2c1[nH]c(=O)n2CCC1CCCO1. The highest BCUT2D eigenvalue weighted by atomic mass is 16.5. The highest BCUT2D eigenvalue weighted by Gasteiger charge is 2.22. The second-order valence-electron chi connectivity index (χ2n) is 6.68. The molecule has 1 saturated carbocycles. The lowest BCUT2D eigenvalue weighted by Gasteiger charge is -2.10. The predicted molar refractivity (Wildman–Crippen MR) is 89.0 cm³/mol. The zero-order valence-corrected chi connectivity index (χ0v) is 13.7. The van der Waals surface area contributed by atoms with Gasteiger partial charge in [-0.3, -0.25) is 4.57 Å². The van der Waals surface area contributed by atoms with Crippen LogP contribution in [0.25, 0.3) is 11.2 Å². The van der Waals surface area contributed by atoms with Gasteiger partial charge >= 0.3 is 11.7 Å². The number of fused-ring (bicyclic) bond motifs is 1. The summed E-state index contributed by atoms with van der Waals surface area (Å²) in [5.74, 6) is 1.03. The number of nitrogens with one attached hydrogen (secondary N) is 1. The van der Waals surface area contributed by atoms with Crippen molar-refractivity contribution in [3.05, 3.63) is 10.5 Å². The van der Waals surface area contributed by atoms with Crippen LogP contribution in [-0.4, -0.2) is 38.8 Å². The average molecular weight is 333 g/mol. The molecule has 8 heteroatoms. The first kappa shape index (κ1) is 15.4. The number of H-pyrrole nitrogens is 1. The van der Waals surface area contributed by atoms with Crippen LogP contribution in [0.1, 0.15) is 38.5 Å². The van der Waals surface area contributed by atoms with Gasteiger partial charge in [-0.2, -0.15) is 9.97 Å². The molecule has 0 amide bonds. The van der Waals surface area contributed by atoms with Crippen LogP contribution in [-0.2, 0) is 11.3 Å². The maximum atomic E-state index is 12.2. The maximum Gasteiger partial charge on any atom is 0.327 e. The van der Waals surface area contributed by atoms with Crippen molar-refractivity contribution in [2.75, 3.05) is 18.9 Å². The fourth-order valence-electron chi connectivity index (χ4n) is 3.17. The van der Waals surface area contributed by atoms with Crippen molar-refractivity contribution in [1.82, 2.24) is 19.5 Å². The molecule has 3 heterocycles. The molecule has 1 unspecified atom stereocenters. The Morgan fingerprint density at radius 1 is 1.29 bits per heavy atom. The topological polar surface area (TPSA) is 108 Å². The maximum absolute atomic E-state index is 12.2. The first-order valence-electron chi connectivity index (χ1n) is 8.71. The number of anilines is 1. The van der Waals surface area contributed by atoms with Crippen LogP contribution in [0.5, 0.6) is 6.01 Å². The summed E-state index contributed by atoms with van der Waals surface area (Å²) in [7, 11) is 0. The Morgan fingerprint density at radius 3 is 2.92 bits per heavy atom. The predicted octanol–water partition coefficient (Wildman–Crippen LogP) is 1.45. The van der Waals surface area contributed by atoms with Gasteiger partial charge in [-0.15, -0.1) is 0 Å². The molecule has 0 aromatic carbocycles. The van der Waals surface area contributed by atoms with Crippen LogP contribution >= 0.6 is 0 Å². The molecular weight excluding hydrogens is 310 g/mol. The monoisotopic (exact) mass is 333 g/mol. The average Bonchev–Trinajstić information content (AvgIpc) is 3.12. The van der Waals surface area contributed by atoms with Gasteiger partial charge in [0, 0.05) is 13.2 Å². The molecule has 2 aromatic rings. The Kier molecular flexibility index (Phi) is 4.13. The van der Waals surface area contributed by atoms with E-state index in [1.807, 2.05) is 0 Å². The minimum absolute atomic E-state index is 0.218. The molecule has 2 fully saturated rings. The standard InChI is InChI=1S/C16H23N5O3/c17-13-12-14(20-15(19-13)24-9-6-10-3-4-10)21(16(22)18-12)7-5-11-2-1-8-23-11/h10-11H,1-9H2,(H,18,22)(H2,17,19,20). The third-order valence-electron chi connectivity index (χ3n) is 4.78. The van der Waals surface area contributed by atoms with Crippen LogP contribution in [0.3, 0.4) is 0 Å². The largest absolute Gasteiger partial charge is 0.463 e. The number of imidazole rings is 1. The highest BCUT2D eigenvalue weighted by molar-refractivity contribution is 5.81. The van der Waals surface area contributed by atoms with Gasteiger partial charge in [-0.1, -0.05) is 12.8 Å². The third kappa shape index (κ3) is 3.24. The molecule has 4 rings (SSSR count). The number of hydrogen-bond donors (Lipinski definition) is 2. The zero-order valence-electron chi connectivity index (χ0n) is 13.7. The van der Waals surface area contributed by atoms with Crippen molar-refractivity contribution in [2.45, 2.75) is 51.2 Å². The van der Waals surface area contributed by atoms with Crippen molar-refractivity contribution < 1.29 is 9.47 Å². The summed E-state index contributed by atoms with van der Waals surface area (Å²) in [5.41, 5.74) is 6.72. The van der Waals surface area contributed by atoms with Gasteiger partial charge in [0.2, 0.25) is 0 Å². The quantitative estimate of drug-likeness (QED) is 0.794. The molecule has 2 aromatic heterocycles. The number of aryl methyl sites for hydroxylation is 1. The first-order chi connectivity index (χ1) is 11.7. The van der Waals surface area contributed by atoms with Crippen LogP contribution in [0, 0.1) is 5.92 Å². The number of aromatic amines is 1. The molecule has 3 N–H and O–H groups in total. The molecule has 0 spiro atoms. The summed E-state index contributed by atoms with van der Waals surface area (Å²) in [6.07, 6.45) is 6.72. The first-order valence-corrected chi connectivity index (χ1v) is 8.71. The summed E-state index contributed by atoms with van der Waals surface area (Å²) in [4.78, 5) is 23.5. The molecule has 1 aliphatic heterocycles. The van der Waals surface area contributed by atoms with E-state index in [-0.39, 0.29) is 23.6 Å². The molecule has 2 aliphatic rings. The minimum Gasteiger partial charge on any atom is -0.463 e. The van der Waals surface area contributed by atoms with Crippen LogP contribution in [0.15, 0.2) is 4.79 Å². The van der Waals surface area contributed by atoms with E-state index >= 15 is 0 Å². The van der Waals surface area contributed by atoms with E-state index in [2.05, 4.69) is 15.0 Å². The molecule has 1 atom stereocenters. The smallest absolute Gasteiger partial charge is 0.327 e. The summed E-state index contributed by atoms with van der Waals surface area (Å²) in [5, 5.41) is 0. The molecule has 130 valence electrons. The van der Waals surface area contributed by atoms with Crippen LogP contribution < -0.4 is 16.2 Å². The van der Waals surface area contributed by atoms with Gasteiger partial charge in [-0.25, -0.2) is 4.79 Å². The normalized spacial score (nSPS) is 20.8. The van der Waals surface area contributed by atoms with Gasteiger partial charge < -0.3 is 20.2 Å². The number of nitrogen functional groups attached to an aromatic ring is 1. The molecule has 8 nitrogen and oxygen atoms in total. The summed E-state index contributed by atoms with van der Waals surface area (Å²) < 4.78 is 12.9. The van der Waals surface area contributed by atoms with E-state index < -0.39 is 0 Å². The van der Waals surface area contributed by atoms with E-state index in [9.17, 15) is 4.79 Å². The van der Waals surface area contributed by atoms with Gasteiger partial charge in [0.15, 0.2) is 11.5 Å². The van der Waals surface area contributed by atoms with E-state index in [0.717, 1.165) is 38.2 Å². The Bertz CT molecular complexity index is 774. The van der Waals surface area contributed by atoms with Crippen molar-refractivity contribution in [3.63, 3.8) is 0 Å². The number of nitrogens with two attached hydrogens (primary N) is 1. The number of rotatable bonds is 7. The summed E-state index contributed by atoms with van der Waals surface area (Å²) >= 11 is 0.